The molecule has 1 aromatic heterocycles. The number of nitrogens with zero attached hydrogens (tertiary/aromatic N) is 3. The van der Waals surface area contributed by atoms with E-state index in [1.54, 1.807) is 13.0 Å². The summed E-state index contributed by atoms with van der Waals surface area (Å²) in [6.07, 6.45) is 5.36. The van der Waals surface area contributed by atoms with Gasteiger partial charge in [-0.1, -0.05) is 24.3 Å². The molecule has 0 spiro atoms. The highest BCUT2D eigenvalue weighted by Crippen LogP contribution is 2.22. The van der Waals surface area contributed by atoms with Crippen LogP contribution in [0.5, 0.6) is 0 Å². The summed E-state index contributed by atoms with van der Waals surface area (Å²) in [5.74, 6) is 0.285. The standard InChI is InChI=1S/C25H34N6O3/c1-17(32)29-20-6-8-21(9-7-20)30-24-12-23(27-16-28-24)25(34)26-13-22(33)15-31-11-10-18-4-2-3-5-19(18)14-31/h2-5,12,16,20-22,33H,6-11,13-15H2,1H3,(H,26,34)(H,29,32)(H,27,28,30). The van der Waals surface area contributed by atoms with E-state index in [0.29, 0.717) is 12.4 Å². The maximum Gasteiger partial charge on any atom is 0.270 e. The summed E-state index contributed by atoms with van der Waals surface area (Å²) in [6.45, 7) is 3.93. The Balaban J connectivity index is 1.21. The van der Waals surface area contributed by atoms with Gasteiger partial charge in [-0.3, -0.25) is 14.5 Å². The van der Waals surface area contributed by atoms with E-state index in [1.165, 1.54) is 17.5 Å². The molecule has 2 aromatic rings. The lowest BCUT2D eigenvalue weighted by molar-refractivity contribution is -0.119. The maximum absolute atomic E-state index is 12.6. The minimum Gasteiger partial charge on any atom is -0.390 e. The normalized spacial score (nSPS) is 21.2. The quantitative estimate of drug-likeness (QED) is 0.465. The van der Waals surface area contributed by atoms with Gasteiger partial charge < -0.3 is 21.1 Å². The van der Waals surface area contributed by atoms with Crippen molar-refractivity contribution >= 4 is 17.6 Å². The third-order valence-electron chi connectivity index (χ3n) is 6.56. The lowest BCUT2D eigenvalue weighted by atomic mass is 9.91. The average Bonchev–Trinajstić information content (AvgIpc) is 2.83. The Bertz CT molecular complexity index is 992. The zero-order chi connectivity index (χ0) is 23.9. The van der Waals surface area contributed by atoms with Crippen molar-refractivity contribution in [3.8, 4) is 0 Å². The van der Waals surface area contributed by atoms with E-state index >= 15 is 0 Å². The van der Waals surface area contributed by atoms with Crippen LogP contribution in [0.2, 0.25) is 0 Å². The molecule has 182 valence electrons. The Morgan fingerprint density at radius 1 is 1.12 bits per heavy atom. The molecule has 1 aliphatic heterocycles. The molecule has 1 aliphatic carbocycles. The van der Waals surface area contributed by atoms with Crippen molar-refractivity contribution in [1.82, 2.24) is 25.5 Å². The van der Waals surface area contributed by atoms with Gasteiger partial charge in [0.2, 0.25) is 5.91 Å². The molecule has 34 heavy (non-hydrogen) atoms. The highest BCUT2D eigenvalue weighted by Gasteiger charge is 2.23. The second kappa shape index (κ2) is 11.4. The number of carbonyl (C=O) groups excluding carboxylic acids is 2. The molecule has 1 saturated carbocycles. The molecule has 1 aromatic carbocycles. The van der Waals surface area contributed by atoms with Crippen LogP contribution >= 0.6 is 0 Å². The Morgan fingerprint density at radius 2 is 1.85 bits per heavy atom. The van der Waals surface area contributed by atoms with Crippen LogP contribution in [0.15, 0.2) is 36.7 Å². The van der Waals surface area contributed by atoms with Crippen LogP contribution in [-0.4, -0.2) is 69.6 Å². The Morgan fingerprint density at radius 3 is 2.62 bits per heavy atom. The Kier molecular flexibility index (Phi) is 8.08. The molecule has 4 rings (SSSR count). The summed E-state index contributed by atoms with van der Waals surface area (Å²) in [5, 5.41) is 19.6. The van der Waals surface area contributed by atoms with Gasteiger partial charge in [-0.2, -0.15) is 0 Å². The summed E-state index contributed by atoms with van der Waals surface area (Å²) in [5.41, 5.74) is 2.94. The van der Waals surface area contributed by atoms with Gasteiger partial charge in [0.15, 0.2) is 0 Å². The zero-order valence-electron chi connectivity index (χ0n) is 19.7. The van der Waals surface area contributed by atoms with Crippen molar-refractivity contribution in [3.63, 3.8) is 0 Å². The molecule has 1 atom stereocenters. The van der Waals surface area contributed by atoms with Crippen molar-refractivity contribution in [2.24, 2.45) is 0 Å². The van der Waals surface area contributed by atoms with Crippen molar-refractivity contribution in [3.05, 3.63) is 53.5 Å². The summed E-state index contributed by atoms with van der Waals surface area (Å²) in [4.78, 5) is 34.4. The zero-order valence-corrected chi connectivity index (χ0v) is 19.7. The molecule has 2 heterocycles. The number of benzene rings is 1. The van der Waals surface area contributed by atoms with Gasteiger partial charge in [0, 0.05) is 51.3 Å². The number of aliphatic hydroxyl groups is 1. The van der Waals surface area contributed by atoms with Crippen molar-refractivity contribution < 1.29 is 14.7 Å². The first kappa shape index (κ1) is 24.1. The number of rotatable bonds is 8. The first-order valence-corrected chi connectivity index (χ1v) is 12.1. The SMILES string of the molecule is CC(=O)NC1CCC(Nc2cc(C(=O)NCC(O)CN3CCc4ccccc4C3)ncn2)CC1. The first-order valence-electron chi connectivity index (χ1n) is 12.1. The summed E-state index contributed by atoms with van der Waals surface area (Å²) in [7, 11) is 0. The fourth-order valence-electron chi connectivity index (χ4n) is 4.81. The lowest BCUT2D eigenvalue weighted by Crippen LogP contribution is -2.42. The van der Waals surface area contributed by atoms with Crippen LogP contribution in [0.25, 0.3) is 0 Å². The number of aliphatic hydroxyl groups excluding tert-OH is 1. The third-order valence-corrected chi connectivity index (χ3v) is 6.56. The molecule has 0 bridgehead atoms. The fourth-order valence-corrected chi connectivity index (χ4v) is 4.81. The highest BCUT2D eigenvalue weighted by atomic mass is 16.3. The van der Waals surface area contributed by atoms with Gasteiger partial charge in [-0.05, 0) is 43.2 Å². The minimum atomic E-state index is -0.660. The summed E-state index contributed by atoms with van der Waals surface area (Å²) < 4.78 is 0. The highest BCUT2D eigenvalue weighted by molar-refractivity contribution is 5.92. The average molecular weight is 467 g/mol. The summed E-state index contributed by atoms with van der Waals surface area (Å²) in [6, 6.07) is 10.5. The van der Waals surface area contributed by atoms with E-state index in [4.69, 9.17) is 0 Å². The molecule has 1 fully saturated rings. The molecule has 2 amide bonds. The van der Waals surface area contributed by atoms with Crippen LogP contribution in [0.1, 0.15) is 54.2 Å². The molecular formula is C25H34N6O3. The van der Waals surface area contributed by atoms with Crippen molar-refractivity contribution in [1.29, 1.82) is 0 Å². The van der Waals surface area contributed by atoms with Crippen molar-refractivity contribution in [2.75, 3.05) is 25.0 Å². The van der Waals surface area contributed by atoms with Gasteiger partial charge in [0.1, 0.15) is 17.8 Å². The smallest absolute Gasteiger partial charge is 0.270 e. The Labute approximate surface area is 200 Å². The van der Waals surface area contributed by atoms with Gasteiger partial charge >= 0.3 is 0 Å². The van der Waals surface area contributed by atoms with E-state index in [2.05, 4.69) is 49.0 Å². The number of nitrogens with one attached hydrogen (secondary N) is 3. The van der Waals surface area contributed by atoms with E-state index < -0.39 is 6.10 Å². The second-order valence-electron chi connectivity index (χ2n) is 9.30. The van der Waals surface area contributed by atoms with Crippen LogP contribution in [-0.2, 0) is 17.8 Å². The van der Waals surface area contributed by atoms with E-state index in [1.807, 2.05) is 6.07 Å². The topological polar surface area (TPSA) is 119 Å². The van der Waals surface area contributed by atoms with Gasteiger partial charge in [-0.25, -0.2) is 9.97 Å². The predicted molar refractivity (Wildman–Crippen MR) is 129 cm³/mol. The molecule has 9 heteroatoms. The molecule has 2 aliphatic rings. The van der Waals surface area contributed by atoms with Crippen LogP contribution in [0, 0.1) is 0 Å². The van der Waals surface area contributed by atoms with Crippen molar-refractivity contribution in [2.45, 2.75) is 63.8 Å². The number of hydrogen-bond donors (Lipinski definition) is 4. The number of aromatic nitrogens is 2. The number of anilines is 1. The molecular weight excluding hydrogens is 432 g/mol. The fraction of sp³-hybridized carbons (Fsp3) is 0.520. The van der Waals surface area contributed by atoms with E-state index in [9.17, 15) is 14.7 Å². The van der Waals surface area contributed by atoms with Crippen LogP contribution in [0.4, 0.5) is 5.82 Å². The number of fused-ring (bicyclic) bond motifs is 1. The predicted octanol–water partition coefficient (Wildman–Crippen LogP) is 1.48. The molecule has 9 nitrogen and oxygen atoms in total. The lowest BCUT2D eigenvalue weighted by Gasteiger charge is -2.30. The molecule has 0 saturated heterocycles. The molecule has 4 N–H and O–H groups in total. The first-order chi connectivity index (χ1) is 16.5. The maximum atomic E-state index is 12.6. The third kappa shape index (κ3) is 6.74. The largest absolute Gasteiger partial charge is 0.390 e. The number of carbonyl (C=O) groups is 2. The minimum absolute atomic E-state index is 0.00856. The van der Waals surface area contributed by atoms with Gasteiger partial charge in [-0.15, -0.1) is 0 Å². The van der Waals surface area contributed by atoms with E-state index in [-0.39, 0.29) is 36.1 Å². The van der Waals surface area contributed by atoms with Crippen LogP contribution < -0.4 is 16.0 Å². The molecule has 0 radical (unpaired) electrons. The number of β-amino-alcohol motifs (C(OH)–C–C–N with tert-alkyl or cyclic N) is 1. The van der Waals surface area contributed by atoms with Gasteiger partial charge in [0.05, 0.1) is 6.10 Å². The van der Waals surface area contributed by atoms with Gasteiger partial charge in [0.25, 0.3) is 5.91 Å². The summed E-state index contributed by atoms with van der Waals surface area (Å²) >= 11 is 0. The Hall–Kier alpha value is -3.04. The number of amides is 2. The monoisotopic (exact) mass is 466 g/mol. The van der Waals surface area contributed by atoms with Crippen LogP contribution in [0.3, 0.4) is 0 Å². The second-order valence-corrected chi connectivity index (χ2v) is 9.30. The number of hydrogen-bond acceptors (Lipinski definition) is 7. The van der Waals surface area contributed by atoms with E-state index in [0.717, 1.165) is 45.2 Å². The molecule has 1 unspecified atom stereocenters.